The Morgan fingerprint density at radius 1 is 1.30 bits per heavy atom. The van der Waals surface area contributed by atoms with Crippen LogP contribution in [0.3, 0.4) is 0 Å². The number of aromatic amines is 2. The SMILES string of the molecule is O=C(CCc1n[nH]c(=O)[nH]c1=O)N/N=C\c1ccc(Cl)c(Cl)c1. The molecule has 0 saturated carbocycles. The van der Waals surface area contributed by atoms with E-state index in [1.807, 2.05) is 4.98 Å². The van der Waals surface area contributed by atoms with Gasteiger partial charge >= 0.3 is 5.69 Å². The van der Waals surface area contributed by atoms with E-state index < -0.39 is 17.2 Å². The maximum atomic E-state index is 11.6. The number of carbonyl (C=O) groups is 1. The molecular weight excluding hydrogens is 345 g/mol. The fraction of sp³-hybridized carbons (Fsp3) is 0.154. The van der Waals surface area contributed by atoms with Crippen LogP contribution in [0.15, 0.2) is 32.9 Å². The lowest BCUT2D eigenvalue weighted by atomic mass is 10.2. The predicted octanol–water partition coefficient (Wildman–Crippen LogP) is 0.848. The van der Waals surface area contributed by atoms with Crippen molar-refractivity contribution in [3.8, 4) is 0 Å². The number of halogens is 2. The smallest absolute Gasteiger partial charge is 0.273 e. The van der Waals surface area contributed by atoms with Gasteiger partial charge < -0.3 is 0 Å². The Labute approximate surface area is 139 Å². The van der Waals surface area contributed by atoms with Gasteiger partial charge in [0.15, 0.2) is 0 Å². The molecular formula is C13H11Cl2N5O3. The molecule has 1 heterocycles. The summed E-state index contributed by atoms with van der Waals surface area (Å²) in [6.45, 7) is 0. The molecule has 0 spiro atoms. The molecule has 23 heavy (non-hydrogen) atoms. The van der Waals surface area contributed by atoms with Crippen molar-refractivity contribution in [3.05, 3.63) is 60.3 Å². The second kappa shape index (κ2) is 7.70. The van der Waals surface area contributed by atoms with Crippen molar-refractivity contribution >= 4 is 35.3 Å². The van der Waals surface area contributed by atoms with Crippen LogP contribution in [0.5, 0.6) is 0 Å². The zero-order chi connectivity index (χ0) is 16.8. The molecule has 8 nitrogen and oxygen atoms in total. The molecule has 1 aromatic heterocycles. The Kier molecular flexibility index (Phi) is 5.67. The number of hydrogen-bond acceptors (Lipinski definition) is 5. The first-order valence-corrected chi connectivity index (χ1v) is 7.16. The van der Waals surface area contributed by atoms with Crippen molar-refractivity contribution < 1.29 is 4.79 Å². The first-order chi connectivity index (χ1) is 11.0. The van der Waals surface area contributed by atoms with Gasteiger partial charge in [-0.15, -0.1) is 0 Å². The molecule has 1 aromatic carbocycles. The molecule has 0 radical (unpaired) electrons. The number of amides is 1. The third kappa shape index (κ3) is 5.04. The number of aromatic nitrogens is 3. The Bertz CT molecular complexity index is 859. The van der Waals surface area contributed by atoms with Crippen LogP contribution < -0.4 is 16.7 Å². The second-order valence-corrected chi connectivity index (χ2v) is 5.23. The van der Waals surface area contributed by atoms with Crippen LogP contribution in [0.1, 0.15) is 17.7 Å². The largest absolute Gasteiger partial charge is 0.342 e. The highest BCUT2D eigenvalue weighted by atomic mass is 35.5. The molecule has 0 aliphatic rings. The number of hydrazone groups is 1. The highest BCUT2D eigenvalue weighted by Gasteiger charge is 2.06. The lowest BCUT2D eigenvalue weighted by molar-refractivity contribution is -0.121. The average molecular weight is 356 g/mol. The number of hydrogen-bond donors (Lipinski definition) is 3. The van der Waals surface area contributed by atoms with Gasteiger partial charge in [-0.25, -0.2) is 15.3 Å². The van der Waals surface area contributed by atoms with Gasteiger partial charge in [-0.3, -0.25) is 14.6 Å². The third-order valence-corrected chi connectivity index (χ3v) is 3.46. The minimum absolute atomic E-state index is 0.0131. The highest BCUT2D eigenvalue weighted by molar-refractivity contribution is 6.42. The monoisotopic (exact) mass is 355 g/mol. The number of benzene rings is 1. The standard InChI is InChI=1S/C13H11Cl2N5O3/c14-8-2-1-7(5-9(8)15)6-16-19-11(21)4-3-10-12(22)17-13(23)20-18-10/h1-2,5-6H,3-4H2,(H,19,21)(H2,17,20,22,23)/b16-6-. The zero-order valence-electron chi connectivity index (χ0n) is 11.6. The Morgan fingerprint density at radius 2 is 2.09 bits per heavy atom. The molecule has 0 fully saturated rings. The van der Waals surface area contributed by atoms with Crippen molar-refractivity contribution in [3.63, 3.8) is 0 Å². The summed E-state index contributed by atoms with van der Waals surface area (Å²) in [5.41, 5.74) is 1.71. The fourth-order valence-electron chi connectivity index (χ4n) is 1.60. The van der Waals surface area contributed by atoms with Crippen LogP contribution in [-0.2, 0) is 11.2 Å². The van der Waals surface area contributed by atoms with Crippen LogP contribution in [0, 0.1) is 0 Å². The number of rotatable bonds is 5. The molecule has 120 valence electrons. The lowest BCUT2D eigenvalue weighted by Gasteiger charge is -2.00. The maximum absolute atomic E-state index is 11.6. The summed E-state index contributed by atoms with van der Waals surface area (Å²) in [4.78, 5) is 35.8. The topological polar surface area (TPSA) is 120 Å². The number of H-pyrrole nitrogens is 2. The van der Waals surface area contributed by atoms with Crippen LogP contribution >= 0.6 is 23.2 Å². The molecule has 2 aromatic rings. The Balaban J connectivity index is 1.87. The second-order valence-electron chi connectivity index (χ2n) is 4.42. The van der Waals surface area contributed by atoms with Gasteiger partial charge in [-0.05, 0) is 17.7 Å². The van der Waals surface area contributed by atoms with Crippen molar-refractivity contribution in [1.29, 1.82) is 0 Å². The maximum Gasteiger partial charge on any atom is 0.342 e. The predicted molar refractivity (Wildman–Crippen MR) is 86.0 cm³/mol. The van der Waals surface area contributed by atoms with Crippen LogP contribution in [0.25, 0.3) is 0 Å². The molecule has 0 saturated heterocycles. The minimum atomic E-state index is -0.700. The van der Waals surface area contributed by atoms with E-state index in [-0.39, 0.29) is 18.5 Å². The molecule has 0 unspecified atom stereocenters. The highest BCUT2D eigenvalue weighted by Crippen LogP contribution is 2.21. The van der Waals surface area contributed by atoms with E-state index in [2.05, 4.69) is 20.7 Å². The molecule has 10 heteroatoms. The van der Waals surface area contributed by atoms with Crippen LogP contribution in [0.4, 0.5) is 0 Å². The minimum Gasteiger partial charge on any atom is -0.273 e. The van der Waals surface area contributed by atoms with E-state index in [0.717, 1.165) is 0 Å². The summed E-state index contributed by atoms with van der Waals surface area (Å²) in [5.74, 6) is -0.409. The molecule has 0 bridgehead atoms. The van der Waals surface area contributed by atoms with Crippen molar-refractivity contribution in [2.24, 2.45) is 5.10 Å². The van der Waals surface area contributed by atoms with Gasteiger partial charge in [0, 0.05) is 12.8 Å². The Hall–Kier alpha value is -2.45. The fourth-order valence-corrected chi connectivity index (χ4v) is 1.91. The number of nitrogens with one attached hydrogen (secondary N) is 3. The summed E-state index contributed by atoms with van der Waals surface area (Å²) in [6.07, 6.45) is 1.46. The van der Waals surface area contributed by atoms with Gasteiger partial charge in [-0.2, -0.15) is 10.2 Å². The third-order valence-electron chi connectivity index (χ3n) is 2.72. The van der Waals surface area contributed by atoms with Crippen molar-refractivity contribution in [2.75, 3.05) is 0 Å². The zero-order valence-corrected chi connectivity index (χ0v) is 13.1. The number of aryl methyl sites for hydroxylation is 1. The number of carbonyl (C=O) groups excluding carboxylic acids is 1. The van der Waals surface area contributed by atoms with Crippen LogP contribution in [0.2, 0.25) is 10.0 Å². The molecule has 2 rings (SSSR count). The van der Waals surface area contributed by atoms with E-state index in [4.69, 9.17) is 23.2 Å². The molecule has 0 atom stereocenters. The normalized spacial score (nSPS) is 10.9. The summed E-state index contributed by atoms with van der Waals surface area (Å²) < 4.78 is 0. The molecule has 0 aliphatic carbocycles. The van der Waals surface area contributed by atoms with E-state index in [9.17, 15) is 14.4 Å². The quantitative estimate of drug-likeness (QED) is 0.543. The van der Waals surface area contributed by atoms with Crippen LogP contribution in [-0.4, -0.2) is 27.3 Å². The summed E-state index contributed by atoms with van der Waals surface area (Å²) in [7, 11) is 0. The number of nitrogens with zero attached hydrogens (tertiary/aromatic N) is 2. The Morgan fingerprint density at radius 3 is 2.78 bits per heavy atom. The van der Waals surface area contributed by atoms with E-state index in [1.54, 1.807) is 18.2 Å². The van der Waals surface area contributed by atoms with Gasteiger partial charge in [-0.1, -0.05) is 29.3 Å². The van der Waals surface area contributed by atoms with Crippen molar-refractivity contribution in [2.45, 2.75) is 12.8 Å². The van der Waals surface area contributed by atoms with E-state index in [1.165, 1.54) is 6.21 Å². The van der Waals surface area contributed by atoms with Gasteiger partial charge in [0.1, 0.15) is 5.69 Å². The van der Waals surface area contributed by atoms with Gasteiger partial charge in [0.25, 0.3) is 5.56 Å². The van der Waals surface area contributed by atoms with Crippen molar-refractivity contribution in [1.82, 2.24) is 20.6 Å². The lowest BCUT2D eigenvalue weighted by Crippen LogP contribution is -2.28. The average Bonchev–Trinajstić information content (AvgIpc) is 2.50. The molecule has 1 amide bonds. The van der Waals surface area contributed by atoms with Gasteiger partial charge in [0.2, 0.25) is 5.91 Å². The summed E-state index contributed by atoms with van der Waals surface area (Å²) >= 11 is 11.6. The molecule has 3 N–H and O–H groups in total. The summed E-state index contributed by atoms with van der Waals surface area (Å²) in [6, 6.07) is 4.90. The summed E-state index contributed by atoms with van der Waals surface area (Å²) in [5, 5.41) is 10.2. The van der Waals surface area contributed by atoms with E-state index >= 15 is 0 Å². The molecule has 0 aliphatic heterocycles. The van der Waals surface area contributed by atoms with Gasteiger partial charge in [0.05, 0.1) is 16.3 Å². The first kappa shape index (κ1) is 16.9. The first-order valence-electron chi connectivity index (χ1n) is 6.40. The van der Waals surface area contributed by atoms with E-state index in [0.29, 0.717) is 15.6 Å².